The Labute approximate surface area is 88.8 Å². The highest BCUT2D eigenvalue weighted by Crippen LogP contribution is 2.18. The molecule has 2 heterocycles. The van der Waals surface area contributed by atoms with E-state index in [1.165, 1.54) is 24.5 Å². The smallest absolute Gasteiger partial charge is 0.263 e. The van der Waals surface area contributed by atoms with Gasteiger partial charge in [0.15, 0.2) is 5.82 Å². The predicted molar refractivity (Wildman–Crippen MR) is 48.1 cm³/mol. The number of hydrogen-bond donors (Lipinski definition) is 0. The predicted octanol–water partition coefficient (Wildman–Crippen LogP) is 1.70. The van der Waals surface area contributed by atoms with Crippen molar-refractivity contribution in [3.63, 3.8) is 0 Å². The number of aromatic nitrogens is 4. The van der Waals surface area contributed by atoms with Gasteiger partial charge in [0.25, 0.3) is 0 Å². The molecule has 0 aromatic carbocycles. The van der Waals surface area contributed by atoms with Crippen LogP contribution in [0.5, 0.6) is 0 Å². The van der Waals surface area contributed by atoms with E-state index in [0.29, 0.717) is 5.69 Å². The van der Waals surface area contributed by atoms with Gasteiger partial charge in [-0.1, -0.05) is 0 Å². The molecule has 2 rings (SSSR count). The normalized spacial score (nSPS) is 11.7. The highest BCUT2D eigenvalue weighted by Gasteiger charge is 2.28. The summed E-state index contributed by atoms with van der Waals surface area (Å²) in [5, 5.41) is 3.72. The van der Waals surface area contributed by atoms with Crippen molar-refractivity contribution in [1.29, 1.82) is 0 Å². The molecule has 0 aliphatic rings. The third-order valence-corrected chi connectivity index (χ3v) is 1.73. The Kier molecular flexibility index (Phi) is 2.59. The lowest BCUT2D eigenvalue weighted by atomic mass is 10.4. The quantitative estimate of drug-likeness (QED) is 0.784. The van der Waals surface area contributed by atoms with Crippen LogP contribution >= 0.6 is 0 Å². The van der Waals surface area contributed by atoms with Crippen LogP contribution in [0, 0.1) is 6.20 Å². The summed E-state index contributed by atoms with van der Waals surface area (Å²) in [5.74, 6) is 0.253. The van der Waals surface area contributed by atoms with Gasteiger partial charge >= 0.3 is 6.18 Å². The molecule has 0 aliphatic carbocycles. The van der Waals surface area contributed by atoms with Gasteiger partial charge in [0.1, 0.15) is 12.2 Å². The topological polar surface area (TPSA) is 43.6 Å². The Morgan fingerprint density at radius 1 is 1.38 bits per heavy atom. The number of halogens is 3. The molecule has 0 saturated heterocycles. The maximum Gasteiger partial charge on any atom is 0.408 e. The van der Waals surface area contributed by atoms with Crippen LogP contribution in [0.3, 0.4) is 0 Å². The molecule has 2 aromatic heterocycles. The van der Waals surface area contributed by atoms with Gasteiger partial charge in [-0.05, 0) is 12.1 Å². The number of hydrogen-bond acceptors (Lipinski definition) is 3. The first-order valence-electron chi connectivity index (χ1n) is 4.34. The standard InChI is InChI=1S/C9H6F3N4/c10-9(11,12)6-16-5-2-7(15-16)8-13-3-1-4-14-8/h1-3,5H,6H2. The lowest BCUT2D eigenvalue weighted by Crippen LogP contribution is -2.17. The van der Waals surface area contributed by atoms with Crippen molar-refractivity contribution < 1.29 is 13.2 Å². The van der Waals surface area contributed by atoms with Crippen molar-refractivity contribution in [3.05, 3.63) is 30.7 Å². The second-order valence-corrected chi connectivity index (χ2v) is 3.02. The number of rotatable bonds is 2. The molecule has 0 fully saturated rings. The minimum absolute atomic E-state index is 0.253. The van der Waals surface area contributed by atoms with Crippen LogP contribution in [0.15, 0.2) is 24.5 Å². The van der Waals surface area contributed by atoms with Crippen LogP contribution in [0.2, 0.25) is 0 Å². The Balaban J connectivity index is 2.21. The monoisotopic (exact) mass is 227 g/mol. The number of nitrogens with zero attached hydrogens (tertiary/aromatic N) is 4. The van der Waals surface area contributed by atoms with E-state index < -0.39 is 12.7 Å². The summed E-state index contributed by atoms with van der Waals surface area (Å²) in [4.78, 5) is 7.62. The Hall–Kier alpha value is -1.92. The van der Waals surface area contributed by atoms with Gasteiger partial charge in [0, 0.05) is 12.4 Å². The first-order chi connectivity index (χ1) is 7.54. The van der Waals surface area contributed by atoms with Gasteiger partial charge in [0.2, 0.25) is 0 Å². The second-order valence-electron chi connectivity index (χ2n) is 3.02. The van der Waals surface area contributed by atoms with Gasteiger partial charge in [-0.3, -0.25) is 4.68 Å². The zero-order valence-corrected chi connectivity index (χ0v) is 7.94. The molecule has 0 bridgehead atoms. The fourth-order valence-electron chi connectivity index (χ4n) is 1.14. The molecule has 0 saturated carbocycles. The maximum absolute atomic E-state index is 12.1. The zero-order valence-electron chi connectivity index (χ0n) is 7.94. The summed E-state index contributed by atoms with van der Waals surface area (Å²) in [6.07, 6.45) is 0.933. The second kappa shape index (κ2) is 3.92. The van der Waals surface area contributed by atoms with Gasteiger partial charge < -0.3 is 0 Å². The van der Waals surface area contributed by atoms with Gasteiger partial charge in [-0.15, -0.1) is 0 Å². The molecular formula is C9H6F3N4. The summed E-state index contributed by atoms with van der Waals surface area (Å²) >= 11 is 0. The first-order valence-corrected chi connectivity index (χ1v) is 4.34. The van der Waals surface area contributed by atoms with Crippen molar-refractivity contribution >= 4 is 0 Å². The van der Waals surface area contributed by atoms with E-state index in [0.717, 1.165) is 4.68 Å². The largest absolute Gasteiger partial charge is 0.408 e. The Bertz CT molecular complexity index is 463. The summed E-state index contributed by atoms with van der Waals surface area (Å²) in [6, 6.07) is 2.92. The van der Waals surface area contributed by atoms with E-state index in [1.54, 1.807) is 0 Å². The van der Waals surface area contributed by atoms with Gasteiger partial charge in [-0.2, -0.15) is 18.3 Å². The van der Waals surface area contributed by atoms with E-state index in [9.17, 15) is 13.2 Å². The van der Waals surface area contributed by atoms with E-state index in [2.05, 4.69) is 21.3 Å². The molecule has 7 heteroatoms. The van der Waals surface area contributed by atoms with Crippen molar-refractivity contribution in [1.82, 2.24) is 19.7 Å². The lowest BCUT2D eigenvalue weighted by Gasteiger charge is -2.05. The molecule has 0 atom stereocenters. The maximum atomic E-state index is 12.1. The Morgan fingerprint density at radius 3 is 2.81 bits per heavy atom. The molecular weight excluding hydrogens is 221 g/mol. The molecule has 16 heavy (non-hydrogen) atoms. The summed E-state index contributed by atoms with van der Waals surface area (Å²) in [7, 11) is 0. The minimum Gasteiger partial charge on any atom is -0.263 e. The van der Waals surface area contributed by atoms with Gasteiger partial charge in [0.05, 0.1) is 6.20 Å². The summed E-state index contributed by atoms with van der Waals surface area (Å²) in [5.41, 5.74) is 0.293. The van der Waals surface area contributed by atoms with E-state index >= 15 is 0 Å². The zero-order chi connectivity index (χ0) is 11.6. The van der Waals surface area contributed by atoms with E-state index in [-0.39, 0.29) is 5.82 Å². The lowest BCUT2D eigenvalue weighted by molar-refractivity contribution is -0.142. The first kappa shape index (κ1) is 10.6. The molecule has 83 valence electrons. The molecule has 0 aliphatic heterocycles. The van der Waals surface area contributed by atoms with Crippen molar-refractivity contribution in [2.45, 2.75) is 12.7 Å². The molecule has 1 radical (unpaired) electrons. The van der Waals surface area contributed by atoms with Crippen LogP contribution in [-0.2, 0) is 6.54 Å². The fourth-order valence-corrected chi connectivity index (χ4v) is 1.14. The van der Waals surface area contributed by atoms with Crippen LogP contribution in [0.1, 0.15) is 0 Å². The van der Waals surface area contributed by atoms with E-state index in [4.69, 9.17) is 0 Å². The SMILES string of the molecule is FC(F)(F)Cn1ccc(-c2n[c]ccn2)n1. The molecule has 4 nitrogen and oxygen atoms in total. The third kappa shape index (κ3) is 2.56. The molecule has 0 unspecified atom stereocenters. The highest BCUT2D eigenvalue weighted by molar-refractivity contribution is 5.46. The summed E-state index contributed by atoms with van der Waals surface area (Å²) in [6.45, 7) is -1.12. The average Bonchev–Trinajstić information content (AvgIpc) is 2.65. The van der Waals surface area contributed by atoms with Crippen LogP contribution in [-0.4, -0.2) is 25.9 Å². The third-order valence-electron chi connectivity index (χ3n) is 1.73. The fraction of sp³-hybridized carbons (Fsp3) is 0.222. The molecule has 2 aromatic rings. The number of alkyl halides is 3. The van der Waals surface area contributed by atoms with Crippen LogP contribution in [0.4, 0.5) is 13.2 Å². The van der Waals surface area contributed by atoms with Crippen LogP contribution < -0.4 is 0 Å². The van der Waals surface area contributed by atoms with E-state index in [1.807, 2.05) is 0 Å². The minimum atomic E-state index is -4.28. The summed E-state index contributed by atoms with van der Waals surface area (Å²) < 4.78 is 37.0. The van der Waals surface area contributed by atoms with Crippen molar-refractivity contribution in [2.75, 3.05) is 0 Å². The van der Waals surface area contributed by atoms with Crippen molar-refractivity contribution in [2.24, 2.45) is 0 Å². The highest BCUT2D eigenvalue weighted by atomic mass is 19.4. The van der Waals surface area contributed by atoms with Gasteiger partial charge in [-0.25, -0.2) is 9.97 Å². The average molecular weight is 227 g/mol. The Morgan fingerprint density at radius 2 is 2.19 bits per heavy atom. The van der Waals surface area contributed by atoms with Crippen LogP contribution in [0.25, 0.3) is 11.5 Å². The molecule has 0 amide bonds. The molecule has 0 N–H and O–H groups in total. The molecule has 0 spiro atoms. The van der Waals surface area contributed by atoms with Crippen molar-refractivity contribution in [3.8, 4) is 11.5 Å².